The summed E-state index contributed by atoms with van der Waals surface area (Å²) in [5.41, 5.74) is -1.19. The highest BCUT2D eigenvalue weighted by Gasteiger charge is 2.33. The molecule has 1 fully saturated rings. The van der Waals surface area contributed by atoms with Gasteiger partial charge in [-0.25, -0.2) is 9.97 Å². The lowest BCUT2D eigenvalue weighted by atomic mass is 9.93. The van der Waals surface area contributed by atoms with E-state index in [2.05, 4.69) is 15.3 Å². The van der Waals surface area contributed by atoms with Gasteiger partial charge in [-0.2, -0.15) is 13.2 Å². The van der Waals surface area contributed by atoms with Crippen molar-refractivity contribution >= 4 is 5.91 Å². The number of aromatic nitrogens is 3. The monoisotopic (exact) mass is 368 g/mol. The van der Waals surface area contributed by atoms with E-state index in [0.717, 1.165) is 37.8 Å². The maximum atomic E-state index is 13.2. The van der Waals surface area contributed by atoms with Crippen LogP contribution in [0, 0.1) is 0 Å². The zero-order valence-electron chi connectivity index (χ0n) is 14.2. The molecule has 0 atom stereocenters. The Bertz CT molecular complexity index is 754. The lowest BCUT2D eigenvalue weighted by Gasteiger charge is -2.28. The van der Waals surface area contributed by atoms with Crippen molar-refractivity contribution in [3.63, 3.8) is 0 Å². The fraction of sp³-hybridized carbons (Fsp3) is 0.471. The molecule has 0 aromatic carbocycles. The highest BCUT2D eigenvalue weighted by Crippen LogP contribution is 2.31. The van der Waals surface area contributed by atoms with Crippen LogP contribution in [0.15, 0.2) is 30.9 Å². The lowest BCUT2D eigenvalue weighted by Crippen LogP contribution is -2.39. The molecule has 1 N–H and O–H groups in total. The molecule has 1 aliphatic rings. The van der Waals surface area contributed by atoms with Crippen LogP contribution in [0.5, 0.6) is 0 Å². The number of hydrogen-bond donors (Lipinski definition) is 1. The number of methoxy groups -OCH3 is 1. The Morgan fingerprint density at radius 3 is 2.58 bits per heavy atom. The van der Waals surface area contributed by atoms with E-state index in [9.17, 15) is 18.0 Å². The van der Waals surface area contributed by atoms with Crippen LogP contribution in [0.4, 0.5) is 13.2 Å². The average Bonchev–Trinajstić information content (AvgIpc) is 3.16. The van der Waals surface area contributed by atoms with Crippen molar-refractivity contribution in [2.24, 2.45) is 0 Å². The number of amides is 1. The first-order valence-corrected chi connectivity index (χ1v) is 8.28. The molecule has 6 nitrogen and oxygen atoms in total. The third kappa shape index (κ3) is 4.21. The van der Waals surface area contributed by atoms with Crippen LogP contribution in [-0.4, -0.2) is 39.7 Å². The Hall–Kier alpha value is -2.42. The number of rotatable bonds is 4. The molecule has 0 radical (unpaired) electrons. The van der Waals surface area contributed by atoms with Crippen molar-refractivity contribution in [3.8, 4) is 5.82 Å². The van der Waals surface area contributed by atoms with Crippen LogP contribution in [0.2, 0.25) is 0 Å². The van der Waals surface area contributed by atoms with Crippen LogP contribution in [0.1, 0.15) is 41.7 Å². The summed E-state index contributed by atoms with van der Waals surface area (Å²) < 4.78 is 46.2. The molecule has 2 aromatic heterocycles. The van der Waals surface area contributed by atoms with Gasteiger partial charge in [-0.05, 0) is 37.8 Å². The molecule has 0 aliphatic heterocycles. The van der Waals surface area contributed by atoms with Gasteiger partial charge in [0.1, 0.15) is 17.8 Å². The van der Waals surface area contributed by atoms with Gasteiger partial charge in [0, 0.05) is 25.5 Å². The van der Waals surface area contributed by atoms with Gasteiger partial charge in [-0.15, -0.1) is 0 Å². The number of carbonyl (C=O) groups is 1. The number of alkyl halides is 3. The Morgan fingerprint density at radius 2 is 2.00 bits per heavy atom. The SMILES string of the molecule is COC1CCC(NC(=O)c2cc(C(F)(F)F)cc(-n3ccnc3)n2)CC1. The number of ether oxygens (including phenoxy) is 1. The van der Waals surface area contributed by atoms with Crippen LogP contribution in [0.25, 0.3) is 5.82 Å². The third-order valence-corrected chi connectivity index (χ3v) is 4.48. The van der Waals surface area contributed by atoms with E-state index in [1.165, 1.54) is 23.3 Å². The van der Waals surface area contributed by atoms with E-state index >= 15 is 0 Å². The molecular weight excluding hydrogens is 349 g/mol. The zero-order chi connectivity index (χ0) is 18.7. The topological polar surface area (TPSA) is 69.0 Å². The molecule has 1 saturated carbocycles. The van der Waals surface area contributed by atoms with Crippen LogP contribution >= 0.6 is 0 Å². The van der Waals surface area contributed by atoms with Gasteiger partial charge < -0.3 is 10.1 Å². The van der Waals surface area contributed by atoms with E-state index < -0.39 is 17.6 Å². The quantitative estimate of drug-likeness (QED) is 0.901. The summed E-state index contributed by atoms with van der Waals surface area (Å²) in [6.45, 7) is 0. The van der Waals surface area contributed by atoms with E-state index in [1.807, 2.05) is 0 Å². The largest absolute Gasteiger partial charge is 0.416 e. The Balaban J connectivity index is 1.82. The van der Waals surface area contributed by atoms with E-state index in [-0.39, 0.29) is 23.7 Å². The maximum absolute atomic E-state index is 13.2. The third-order valence-electron chi connectivity index (χ3n) is 4.48. The predicted molar refractivity (Wildman–Crippen MR) is 86.9 cm³/mol. The summed E-state index contributed by atoms with van der Waals surface area (Å²) in [4.78, 5) is 20.3. The normalized spacial score (nSPS) is 20.8. The summed E-state index contributed by atoms with van der Waals surface area (Å²) in [5, 5.41) is 2.78. The molecule has 0 saturated heterocycles. The first-order chi connectivity index (χ1) is 12.4. The van der Waals surface area contributed by atoms with Gasteiger partial charge in [0.05, 0.1) is 11.7 Å². The Labute approximate surface area is 148 Å². The van der Waals surface area contributed by atoms with Gasteiger partial charge in [0.25, 0.3) is 5.91 Å². The van der Waals surface area contributed by atoms with Crippen molar-refractivity contribution < 1.29 is 22.7 Å². The number of halogens is 3. The molecule has 2 aromatic rings. The predicted octanol–water partition coefficient (Wildman–Crippen LogP) is 2.97. The fourth-order valence-corrected chi connectivity index (χ4v) is 3.03. The second kappa shape index (κ2) is 7.45. The van der Waals surface area contributed by atoms with Gasteiger partial charge in [-0.3, -0.25) is 9.36 Å². The number of pyridine rings is 1. The molecule has 1 aliphatic carbocycles. The number of nitrogens with one attached hydrogen (secondary N) is 1. The van der Waals surface area contributed by atoms with Crippen molar-refractivity contribution in [2.75, 3.05) is 7.11 Å². The minimum atomic E-state index is -4.58. The van der Waals surface area contributed by atoms with Crippen molar-refractivity contribution in [1.29, 1.82) is 0 Å². The smallest absolute Gasteiger partial charge is 0.381 e. The highest BCUT2D eigenvalue weighted by molar-refractivity contribution is 5.93. The highest BCUT2D eigenvalue weighted by atomic mass is 19.4. The minimum Gasteiger partial charge on any atom is -0.381 e. The lowest BCUT2D eigenvalue weighted by molar-refractivity contribution is -0.137. The second-order valence-corrected chi connectivity index (χ2v) is 6.25. The molecule has 2 heterocycles. The standard InChI is InChI=1S/C17H19F3N4O2/c1-26-13-4-2-12(3-5-13)22-16(25)14-8-11(17(18,19)20)9-15(23-14)24-7-6-21-10-24/h6-10,12-13H,2-5H2,1H3,(H,22,25). The minimum absolute atomic E-state index is 0.00874. The summed E-state index contributed by atoms with van der Waals surface area (Å²) >= 11 is 0. The molecule has 1 amide bonds. The molecular formula is C17H19F3N4O2. The second-order valence-electron chi connectivity index (χ2n) is 6.25. The molecule has 26 heavy (non-hydrogen) atoms. The van der Waals surface area contributed by atoms with Crippen LogP contribution < -0.4 is 5.32 Å². The number of hydrogen-bond acceptors (Lipinski definition) is 4. The maximum Gasteiger partial charge on any atom is 0.416 e. The van der Waals surface area contributed by atoms with Crippen molar-refractivity contribution in [1.82, 2.24) is 19.9 Å². The Morgan fingerprint density at radius 1 is 1.27 bits per heavy atom. The number of carbonyl (C=O) groups excluding carboxylic acids is 1. The Kier molecular flexibility index (Phi) is 5.26. The summed E-state index contributed by atoms with van der Waals surface area (Å²) in [6, 6.07) is 1.57. The van der Waals surface area contributed by atoms with Crippen molar-refractivity contribution in [2.45, 2.75) is 44.0 Å². The molecule has 3 rings (SSSR count). The number of imidazole rings is 1. The summed E-state index contributed by atoms with van der Waals surface area (Å²) in [7, 11) is 1.65. The van der Waals surface area contributed by atoms with E-state index in [4.69, 9.17) is 4.74 Å². The first kappa shape index (κ1) is 18.4. The van der Waals surface area contributed by atoms with Gasteiger partial charge >= 0.3 is 6.18 Å². The van der Waals surface area contributed by atoms with Gasteiger partial charge in [0.2, 0.25) is 0 Å². The molecule has 0 bridgehead atoms. The average molecular weight is 368 g/mol. The summed E-state index contributed by atoms with van der Waals surface area (Å²) in [6.07, 6.45) is 2.86. The van der Waals surface area contributed by atoms with E-state index in [0.29, 0.717) is 0 Å². The fourth-order valence-electron chi connectivity index (χ4n) is 3.03. The van der Waals surface area contributed by atoms with E-state index in [1.54, 1.807) is 7.11 Å². The number of nitrogens with zero attached hydrogens (tertiary/aromatic N) is 3. The van der Waals surface area contributed by atoms with Crippen LogP contribution in [-0.2, 0) is 10.9 Å². The van der Waals surface area contributed by atoms with Crippen molar-refractivity contribution in [3.05, 3.63) is 42.1 Å². The van der Waals surface area contributed by atoms with Crippen LogP contribution in [0.3, 0.4) is 0 Å². The van der Waals surface area contributed by atoms with Gasteiger partial charge in [0.15, 0.2) is 0 Å². The first-order valence-electron chi connectivity index (χ1n) is 8.28. The molecule has 9 heteroatoms. The zero-order valence-corrected chi connectivity index (χ0v) is 14.2. The summed E-state index contributed by atoms with van der Waals surface area (Å²) in [5.74, 6) is -0.621. The van der Waals surface area contributed by atoms with Gasteiger partial charge in [-0.1, -0.05) is 0 Å². The molecule has 0 unspecified atom stereocenters. The molecule has 140 valence electrons. The molecule has 0 spiro atoms.